The Bertz CT molecular complexity index is 929. The Morgan fingerprint density at radius 1 is 1.28 bits per heavy atom. The molecule has 2 heterocycles. The van der Waals surface area contributed by atoms with Gasteiger partial charge in [-0.3, -0.25) is 9.59 Å². The number of hydrogen-bond donors (Lipinski definition) is 2. The van der Waals surface area contributed by atoms with Crippen LogP contribution in [0.1, 0.15) is 44.2 Å². The minimum atomic E-state index is -0.569. The molecule has 0 radical (unpaired) electrons. The summed E-state index contributed by atoms with van der Waals surface area (Å²) in [5, 5.41) is 25.0. The molecule has 0 aliphatic carbocycles. The molecular weight excluding hydrogens is 342 g/mol. The highest BCUT2D eigenvalue weighted by Crippen LogP contribution is 2.19. The summed E-state index contributed by atoms with van der Waals surface area (Å²) in [6.07, 6.45) is 1.57. The van der Waals surface area contributed by atoms with E-state index in [-0.39, 0.29) is 17.4 Å². The summed E-state index contributed by atoms with van der Waals surface area (Å²) in [6.45, 7) is 1.52. The van der Waals surface area contributed by atoms with E-state index in [1.807, 2.05) is 12.1 Å². The Labute approximate surface area is 146 Å². The van der Waals surface area contributed by atoms with E-state index in [1.54, 1.807) is 17.5 Å². The van der Waals surface area contributed by atoms with E-state index in [0.717, 1.165) is 16.6 Å². The van der Waals surface area contributed by atoms with Crippen molar-refractivity contribution in [2.75, 3.05) is 0 Å². The Morgan fingerprint density at radius 3 is 2.68 bits per heavy atom. The largest absolute Gasteiger partial charge is 0.506 e. The van der Waals surface area contributed by atoms with Crippen LogP contribution in [-0.4, -0.2) is 42.3 Å². The lowest BCUT2D eigenvalue weighted by Gasteiger charge is -2.00. The Morgan fingerprint density at radius 2 is 2.04 bits per heavy atom. The molecule has 0 amide bonds. The number of Topliss-reactive ketones (excluding diaryl/α,β-unsaturated/α-hetero) is 1. The van der Waals surface area contributed by atoms with Gasteiger partial charge in [-0.1, -0.05) is 24.3 Å². The lowest BCUT2D eigenvalue weighted by molar-refractivity contribution is 0.101. The first-order chi connectivity index (χ1) is 12.0. The number of aliphatic hydroxyl groups excluding tert-OH is 1. The number of allylic oxidation sites excluding steroid dienone is 1. The van der Waals surface area contributed by atoms with Crippen molar-refractivity contribution in [3.63, 3.8) is 0 Å². The number of aromatic amines is 1. The predicted octanol–water partition coefficient (Wildman–Crippen LogP) is 2.23. The molecule has 126 valence electrons. The minimum Gasteiger partial charge on any atom is -0.506 e. The smallest absolute Gasteiger partial charge is 0.244 e. The van der Waals surface area contributed by atoms with Gasteiger partial charge < -0.3 is 5.11 Å². The third-order valence-corrected chi connectivity index (χ3v) is 4.21. The highest BCUT2D eigenvalue weighted by molar-refractivity contribution is 7.09. The van der Waals surface area contributed by atoms with E-state index in [4.69, 9.17) is 0 Å². The van der Waals surface area contributed by atoms with E-state index < -0.39 is 5.78 Å². The number of carbonyl (C=O) groups excluding carboxylic acids is 2. The van der Waals surface area contributed by atoms with Crippen LogP contribution < -0.4 is 0 Å². The van der Waals surface area contributed by atoms with Crippen molar-refractivity contribution in [3.05, 3.63) is 63.4 Å². The predicted molar refractivity (Wildman–Crippen MR) is 90.5 cm³/mol. The van der Waals surface area contributed by atoms with Crippen LogP contribution in [0.5, 0.6) is 0 Å². The van der Waals surface area contributed by atoms with E-state index in [9.17, 15) is 14.7 Å². The number of benzene rings is 1. The summed E-state index contributed by atoms with van der Waals surface area (Å²) in [5.74, 6) is -0.943. The zero-order chi connectivity index (χ0) is 17.8. The number of nitrogens with one attached hydrogen (secondary N) is 1. The van der Waals surface area contributed by atoms with Crippen molar-refractivity contribution in [2.24, 2.45) is 0 Å². The maximum absolute atomic E-state index is 11.8. The fourth-order valence-electron chi connectivity index (χ4n) is 2.07. The van der Waals surface area contributed by atoms with Crippen LogP contribution in [0.25, 0.3) is 5.76 Å². The SMILES string of the molecule is CC(=O)c1ccc(Cc2nc(C(O)=CC(=O)c3nn[nH]n3)cs2)cc1. The second-order valence-corrected chi connectivity index (χ2v) is 6.13. The van der Waals surface area contributed by atoms with Crippen LogP contribution in [0.4, 0.5) is 0 Å². The number of aromatic nitrogens is 5. The van der Waals surface area contributed by atoms with Crippen LogP contribution in [0.2, 0.25) is 0 Å². The maximum atomic E-state index is 11.8. The third kappa shape index (κ3) is 4.01. The van der Waals surface area contributed by atoms with Gasteiger partial charge in [-0.05, 0) is 17.7 Å². The molecule has 2 N–H and O–H groups in total. The van der Waals surface area contributed by atoms with Crippen molar-refractivity contribution in [2.45, 2.75) is 13.3 Å². The van der Waals surface area contributed by atoms with Gasteiger partial charge >= 0.3 is 0 Å². The van der Waals surface area contributed by atoms with Gasteiger partial charge in [0.1, 0.15) is 11.5 Å². The number of aliphatic hydroxyl groups is 1. The lowest BCUT2D eigenvalue weighted by atomic mass is 10.1. The first-order valence-corrected chi connectivity index (χ1v) is 8.14. The monoisotopic (exact) mass is 355 g/mol. The highest BCUT2D eigenvalue weighted by Gasteiger charge is 2.13. The molecule has 0 fully saturated rings. The molecule has 0 saturated heterocycles. The van der Waals surface area contributed by atoms with Crippen LogP contribution >= 0.6 is 11.3 Å². The Balaban J connectivity index is 1.71. The molecule has 3 rings (SSSR count). The molecule has 3 aromatic rings. The van der Waals surface area contributed by atoms with Crippen LogP contribution in [0.15, 0.2) is 35.7 Å². The summed E-state index contributed by atoms with van der Waals surface area (Å²) >= 11 is 1.37. The number of hydrogen-bond acceptors (Lipinski definition) is 8. The topological polar surface area (TPSA) is 122 Å². The maximum Gasteiger partial charge on any atom is 0.244 e. The summed E-state index contributed by atoms with van der Waals surface area (Å²) in [6, 6.07) is 7.28. The number of tetrazole rings is 1. The number of carbonyl (C=O) groups is 2. The Kier molecular flexibility index (Phi) is 4.75. The van der Waals surface area contributed by atoms with Gasteiger partial charge in [0.05, 0.1) is 5.01 Å². The lowest BCUT2D eigenvalue weighted by Crippen LogP contribution is -2.00. The van der Waals surface area contributed by atoms with Crippen LogP contribution in [0.3, 0.4) is 0 Å². The van der Waals surface area contributed by atoms with Gasteiger partial charge in [0.25, 0.3) is 0 Å². The van der Waals surface area contributed by atoms with Crippen LogP contribution in [-0.2, 0) is 6.42 Å². The molecule has 0 aliphatic heterocycles. The molecule has 0 bridgehead atoms. The third-order valence-electron chi connectivity index (χ3n) is 3.36. The number of H-pyrrole nitrogens is 1. The van der Waals surface area contributed by atoms with Crippen molar-refractivity contribution in [1.82, 2.24) is 25.6 Å². The van der Waals surface area contributed by atoms with Crippen molar-refractivity contribution < 1.29 is 14.7 Å². The number of ketones is 2. The molecule has 8 nitrogen and oxygen atoms in total. The molecule has 0 unspecified atom stereocenters. The van der Waals surface area contributed by atoms with Gasteiger partial charge in [0.2, 0.25) is 11.6 Å². The molecular formula is C16H13N5O3S. The normalized spacial score (nSPS) is 11.5. The zero-order valence-electron chi connectivity index (χ0n) is 13.1. The second kappa shape index (κ2) is 7.14. The molecule has 1 aromatic carbocycles. The summed E-state index contributed by atoms with van der Waals surface area (Å²) in [7, 11) is 0. The van der Waals surface area contributed by atoms with Gasteiger partial charge in [0, 0.05) is 23.4 Å². The summed E-state index contributed by atoms with van der Waals surface area (Å²) in [5.41, 5.74) is 1.96. The zero-order valence-corrected chi connectivity index (χ0v) is 13.9. The van der Waals surface area contributed by atoms with E-state index in [0.29, 0.717) is 17.7 Å². The summed E-state index contributed by atoms with van der Waals surface area (Å²) < 4.78 is 0. The van der Waals surface area contributed by atoms with Gasteiger partial charge in [-0.15, -0.1) is 21.5 Å². The number of thiazole rings is 1. The fourth-order valence-corrected chi connectivity index (χ4v) is 2.89. The number of rotatable bonds is 6. The van der Waals surface area contributed by atoms with Gasteiger partial charge in [-0.25, -0.2) is 4.98 Å². The average molecular weight is 355 g/mol. The quantitative estimate of drug-likeness (QED) is 0.395. The van der Waals surface area contributed by atoms with Crippen molar-refractivity contribution in [3.8, 4) is 0 Å². The van der Waals surface area contributed by atoms with E-state index in [2.05, 4.69) is 25.6 Å². The highest BCUT2D eigenvalue weighted by atomic mass is 32.1. The van der Waals surface area contributed by atoms with E-state index >= 15 is 0 Å². The van der Waals surface area contributed by atoms with Crippen LogP contribution in [0, 0.1) is 0 Å². The molecule has 0 saturated carbocycles. The first kappa shape index (κ1) is 16.7. The standard InChI is InChI=1S/C16H13N5O3S/c1-9(22)11-4-2-10(3-5-11)6-15-17-12(8-25-15)13(23)7-14(24)16-18-20-21-19-16/h2-5,7-8,23H,6H2,1H3,(H,18,19,20,21). The molecule has 0 atom stereocenters. The molecule has 0 aliphatic rings. The van der Waals surface area contributed by atoms with Gasteiger partial charge in [-0.2, -0.15) is 5.21 Å². The first-order valence-electron chi connectivity index (χ1n) is 7.26. The average Bonchev–Trinajstić information content (AvgIpc) is 3.27. The molecule has 25 heavy (non-hydrogen) atoms. The summed E-state index contributed by atoms with van der Waals surface area (Å²) in [4.78, 5) is 27.4. The molecule has 2 aromatic heterocycles. The van der Waals surface area contributed by atoms with E-state index in [1.165, 1.54) is 18.3 Å². The Hall–Kier alpha value is -3.20. The fraction of sp³-hybridized carbons (Fsp3) is 0.125. The molecule has 0 spiro atoms. The van der Waals surface area contributed by atoms with Gasteiger partial charge in [0.15, 0.2) is 5.78 Å². The second-order valence-electron chi connectivity index (χ2n) is 5.19. The van der Waals surface area contributed by atoms with Crippen molar-refractivity contribution >= 4 is 28.7 Å². The molecule has 9 heteroatoms. The minimum absolute atomic E-state index is 0.0180. The number of nitrogens with zero attached hydrogens (tertiary/aromatic N) is 4. The van der Waals surface area contributed by atoms with Crippen molar-refractivity contribution in [1.29, 1.82) is 0 Å².